The molecule has 0 bridgehead atoms. The summed E-state index contributed by atoms with van der Waals surface area (Å²) in [7, 11) is 0. The highest BCUT2D eigenvalue weighted by atomic mass is 32.1. The van der Waals surface area contributed by atoms with Crippen molar-refractivity contribution in [3.63, 3.8) is 0 Å². The largest absolute Gasteiger partial charge is 0.493 e. The van der Waals surface area contributed by atoms with Gasteiger partial charge < -0.3 is 15.1 Å². The van der Waals surface area contributed by atoms with Gasteiger partial charge in [0.15, 0.2) is 0 Å². The lowest BCUT2D eigenvalue weighted by molar-refractivity contribution is 0.0701. The van der Waals surface area contributed by atoms with Gasteiger partial charge in [-0.15, -0.1) is 11.3 Å². The monoisotopic (exact) mass is 334 g/mol. The van der Waals surface area contributed by atoms with Gasteiger partial charge in [0, 0.05) is 11.1 Å². The number of ether oxygens (including phenoxy) is 1. The highest BCUT2D eigenvalue weighted by molar-refractivity contribution is 7.17. The lowest BCUT2D eigenvalue weighted by atomic mass is 10.1. The van der Waals surface area contributed by atoms with E-state index >= 15 is 0 Å². The molecule has 2 N–H and O–H groups in total. The molecule has 23 heavy (non-hydrogen) atoms. The molecule has 7 heteroatoms. The Hall–Kier alpha value is -2.41. The summed E-state index contributed by atoms with van der Waals surface area (Å²) < 4.78 is 5.70. The fourth-order valence-corrected chi connectivity index (χ4v) is 2.85. The molecule has 122 valence electrons. The molecule has 0 fully saturated rings. The van der Waals surface area contributed by atoms with Crippen LogP contribution in [0.25, 0.3) is 10.6 Å². The fraction of sp³-hybridized carbons (Fsp3) is 0.312. The van der Waals surface area contributed by atoms with Gasteiger partial charge in [0.2, 0.25) is 0 Å². The summed E-state index contributed by atoms with van der Waals surface area (Å²) in [5.74, 6) is -0.0133. The van der Waals surface area contributed by atoms with Crippen LogP contribution in [0.4, 0.5) is 0 Å². The molecule has 0 aliphatic carbocycles. The second-order valence-electron chi connectivity index (χ2n) is 5.44. The van der Waals surface area contributed by atoms with E-state index in [4.69, 9.17) is 15.1 Å². The Balaban J connectivity index is 2.39. The maximum Gasteiger partial charge on any atom is 0.347 e. The summed E-state index contributed by atoms with van der Waals surface area (Å²) >= 11 is 1.11. The van der Waals surface area contributed by atoms with Crippen molar-refractivity contribution in [3.8, 4) is 16.3 Å². The lowest BCUT2D eigenvalue weighted by Crippen LogP contribution is -2.06. The third-order valence-electron chi connectivity index (χ3n) is 3.02. The van der Waals surface area contributed by atoms with Gasteiger partial charge in [-0.2, -0.15) is 0 Å². The van der Waals surface area contributed by atoms with Crippen LogP contribution in [0.2, 0.25) is 0 Å². The molecule has 1 aromatic heterocycles. The van der Waals surface area contributed by atoms with Gasteiger partial charge in [-0.05, 0) is 31.0 Å². The van der Waals surface area contributed by atoms with Crippen LogP contribution < -0.4 is 4.74 Å². The van der Waals surface area contributed by atoms with Crippen LogP contribution in [0, 0.1) is 12.8 Å². The van der Waals surface area contributed by atoms with Crippen molar-refractivity contribution < 1.29 is 19.8 Å². The number of aromatic carboxylic acids is 1. The number of carboxylic acid groups (broad SMARTS) is 1. The lowest BCUT2D eigenvalue weighted by Gasteiger charge is -2.11. The van der Waals surface area contributed by atoms with Crippen molar-refractivity contribution in [2.24, 2.45) is 11.1 Å². The Labute approximate surface area is 138 Å². The third-order valence-corrected chi connectivity index (χ3v) is 4.21. The Morgan fingerprint density at radius 1 is 1.48 bits per heavy atom. The molecule has 0 aliphatic heterocycles. The van der Waals surface area contributed by atoms with E-state index in [1.165, 1.54) is 6.21 Å². The number of carboxylic acids is 1. The van der Waals surface area contributed by atoms with E-state index in [9.17, 15) is 4.79 Å². The summed E-state index contributed by atoms with van der Waals surface area (Å²) in [5.41, 5.74) is 1.84. The number of rotatable bonds is 6. The van der Waals surface area contributed by atoms with Crippen LogP contribution >= 0.6 is 11.3 Å². The summed E-state index contributed by atoms with van der Waals surface area (Å²) in [5, 5.41) is 21.6. The van der Waals surface area contributed by atoms with Crippen LogP contribution in [-0.4, -0.2) is 34.1 Å². The molecule has 0 unspecified atom stereocenters. The van der Waals surface area contributed by atoms with Crippen molar-refractivity contribution in [2.45, 2.75) is 20.8 Å². The molecule has 6 nitrogen and oxygen atoms in total. The number of thiazole rings is 1. The van der Waals surface area contributed by atoms with E-state index in [0.717, 1.165) is 16.9 Å². The number of oxime groups is 1. The van der Waals surface area contributed by atoms with Crippen molar-refractivity contribution >= 4 is 23.5 Å². The molecule has 0 spiro atoms. The molecular weight excluding hydrogens is 316 g/mol. The second-order valence-corrected chi connectivity index (χ2v) is 6.44. The van der Waals surface area contributed by atoms with Gasteiger partial charge in [-0.1, -0.05) is 19.0 Å². The maximum absolute atomic E-state index is 11.1. The molecule has 0 atom stereocenters. The number of benzene rings is 1. The van der Waals surface area contributed by atoms with Crippen LogP contribution in [0.5, 0.6) is 5.75 Å². The van der Waals surface area contributed by atoms with E-state index in [1.54, 1.807) is 19.1 Å². The highest BCUT2D eigenvalue weighted by Gasteiger charge is 2.16. The number of nitrogens with zero attached hydrogens (tertiary/aromatic N) is 2. The molecular formula is C16H18N2O4S. The first-order valence-corrected chi connectivity index (χ1v) is 7.89. The average molecular weight is 334 g/mol. The number of hydrogen-bond donors (Lipinski definition) is 2. The zero-order chi connectivity index (χ0) is 17.0. The third kappa shape index (κ3) is 4.07. The van der Waals surface area contributed by atoms with E-state index < -0.39 is 5.97 Å². The summed E-state index contributed by atoms with van der Waals surface area (Å²) in [4.78, 5) is 15.7. The summed E-state index contributed by atoms with van der Waals surface area (Å²) in [6, 6.07) is 5.35. The Morgan fingerprint density at radius 2 is 2.22 bits per heavy atom. The van der Waals surface area contributed by atoms with E-state index in [2.05, 4.69) is 10.1 Å². The minimum Gasteiger partial charge on any atom is -0.493 e. The zero-order valence-corrected chi connectivity index (χ0v) is 13.9. The Bertz CT molecular complexity index is 738. The van der Waals surface area contributed by atoms with Crippen molar-refractivity contribution in [1.29, 1.82) is 0 Å². The van der Waals surface area contributed by atoms with Crippen molar-refractivity contribution in [2.75, 3.05) is 6.61 Å². The molecule has 1 aromatic carbocycles. The predicted octanol–water partition coefficient (Wildman–Crippen LogP) is 3.66. The topological polar surface area (TPSA) is 92.0 Å². The van der Waals surface area contributed by atoms with Gasteiger partial charge in [-0.25, -0.2) is 9.78 Å². The minimum absolute atomic E-state index is 0.220. The maximum atomic E-state index is 11.1. The number of hydrogen-bond acceptors (Lipinski definition) is 6. The molecule has 0 radical (unpaired) electrons. The standard InChI is InChI=1S/C16H18N2O4S/c1-9(2)8-22-13-5-4-11(6-12(13)7-17-21)15-18-10(3)14(23-15)16(19)20/h4-7,9,21H,8H2,1-3H3,(H,19,20). The molecule has 0 amide bonds. The van der Waals surface area contributed by atoms with Crippen LogP contribution in [0.15, 0.2) is 23.4 Å². The number of carbonyl (C=O) groups is 1. The second kappa shape index (κ2) is 7.23. The molecule has 0 saturated heterocycles. The molecule has 2 rings (SSSR count). The average Bonchev–Trinajstić information content (AvgIpc) is 2.88. The van der Waals surface area contributed by atoms with Gasteiger partial charge in [0.25, 0.3) is 0 Å². The summed E-state index contributed by atoms with van der Waals surface area (Å²) in [6.45, 7) is 6.30. The number of aromatic nitrogens is 1. The molecule has 2 aromatic rings. The van der Waals surface area contributed by atoms with Crippen molar-refractivity contribution in [1.82, 2.24) is 4.98 Å². The van der Waals surface area contributed by atoms with Crippen molar-refractivity contribution in [3.05, 3.63) is 34.3 Å². The van der Waals surface area contributed by atoms with Gasteiger partial charge in [0.1, 0.15) is 15.6 Å². The van der Waals surface area contributed by atoms with Gasteiger partial charge >= 0.3 is 5.97 Å². The first-order valence-electron chi connectivity index (χ1n) is 7.07. The highest BCUT2D eigenvalue weighted by Crippen LogP contribution is 2.31. The minimum atomic E-state index is -0.986. The SMILES string of the molecule is Cc1nc(-c2ccc(OCC(C)C)c(C=NO)c2)sc1C(=O)O. The Kier molecular flexibility index (Phi) is 5.33. The molecule has 1 heterocycles. The van der Waals surface area contributed by atoms with Gasteiger partial charge in [-0.3, -0.25) is 0 Å². The first-order chi connectivity index (χ1) is 10.9. The normalized spacial score (nSPS) is 11.3. The first kappa shape index (κ1) is 17.0. The van der Waals surface area contributed by atoms with Crippen LogP contribution in [-0.2, 0) is 0 Å². The smallest absolute Gasteiger partial charge is 0.347 e. The van der Waals surface area contributed by atoms with E-state index in [1.807, 2.05) is 19.9 Å². The van der Waals surface area contributed by atoms with Crippen LogP contribution in [0.3, 0.4) is 0 Å². The van der Waals surface area contributed by atoms with Gasteiger partial charge in [0.05, 0.1) is 18.5 Å². The predicted molar refractivity (Wildman–Crippen MR) is 89.0 cm³/mol. The molecule has 0 saturated carbocycles. The van der Waals surface area contributed by atoms with E-state index in [-0.39, 0.29) is 4.88 Å². The van der Waals surface area contributed by atoms with E-state index in [0.29, 0.717) is 34.5 Å². The molecule has 0 aliphatic rings. The zero-order valence-electron chi connectivity index (χ0n) is 13.1. The quantitative estimate of drug-likeness (QED) is 0.478. The Morgan fingerprint density at radius 3 is 2.78 bits per heavy atom. The van der Waals surface area contributed by atoms with Crippen LogP contribution in [0.1, 0.15) is 34.8 Å². The number of aryl methyl sites for hydroxylation is 1. The summed E-state index contributed by atoms with van der Waals surface area (Å²) in [6.07, 6.45) is 1.29. The fourth-order valence-electron chi connectivity index (χ4n) is 1.95.